The molecule has 27 heavy (non-hydrogen) atoms. The minimum Gasteiger partial charge on any atom is -0.381 e. The van der Waals surface area contributed by atoms with E-state index >= 15 is 0 Å². The summed E-state index contributed by atoms with van der Waals surface area (Å²) in [6, 6.07) is 6.67. The first kappa shape index (κ1) is 24.1. The van der Waals surface area contributed by atoms with E-state index in [9.17, 15) is 4.39 Å². The third-order valence-electron chi connectivity index (χ3n) is 4.26. The van der Waals surface area contributed by atoms with Gasteiger partial charge in [-0.05, 0) is 56.8 Å². The van der Waals surface area contributed by atoms with E-state index in [1.54, 1.807) is 0 Å². The predicted molar refractivity (Wildman–Crippen MR) is 120 cm³/mol. The summed E-state index contributed by atoms with van der Waals surface area (Å²) in [5.74, 6) is 1.48. The first-order valence-corrected chi connectivity index (χ1v) is 9.70. The van der Waals surface area contributed by atoms with Crippen LogP contribution in [0.4, 0.5) is 4.39 Å². The van der Waals surface area contributed by atoms with Crippen molar-refractivity contribution in [2.24, 2.45) is 10.9 Å². The molecule has 0 bridgehead atoms. The molecule has 0 unspecified atom stereocenters. The molecule has 0 heterocycles. The lowest BCUT2D eigenvalue weighted by Crippen LogP contribution is -2.41. The molecule has 1 aliphatic carbocycles. The molecule has 0 radical (unpaired) electrons. The molecule has 7 heteroatoms. The second kappa shape index (κ2) is 14.1. The molecule has 2 N–H and O–H groups in total. The molecule has 0 aliphatic heterocycles. The summed E-state index contributed by atoms with van der Waals surface area (Å²) < 4.78 is 18.6. The molecular weight excluding hydrogens is 458 g/mol. The predicted octanol–water partition coefficient (Wildman–Crippen LogP) is 3.25. The molecule has 5 nitrogen and oxygen atoms in total. The Morgan fingerprint density at radius 1 is 1.26 bits per heavy atom. The highest BCUT2D eigenvalue weighted by Gasteiger charge is 2.20. The van der Waals surface area contributed by atoms with Gasteiger partial charge in [0.2, 0.25) is 0 Å². The lowest BCUT2D eigenvalue weighted by Gasteiger charge is -2.18. The highest BCUT2D eigenvalue weighted by atomic mass is 127. The number of rotatable bonds is 12. The molecule has 1 aromatic carbocycles. The van der Waals surface area contributed by atoms with Gasteiger partial charge in [0.05, 0.1) is 0 Å². The maximum Gasteiger partial charge on any atom is 0.191 e. The van der Waals surface area contributed by atoms with Crippen molar-refractivity contribution in [3.05, 3.63) is 35.6 Å². The van der Waals surface area contributed by atoms with Crippen LogP contribution >= 0.6 is 24.0 Å². The Bertz CT molecular complexity index is 537. The summed E-state index contributed by atoms with van der Waals surface area (Å²) in [5, 5.41) is 6.63. The van der Waals surface area contributed by atoms with Crippen molar-refractivity contribution in [1.82, 2.24) is 15.5 Å². The maximum absolute atomic E-state index is 12.9. The Morgan fingerprint density at radius 3 is 2.67 bits per heavy atom. The lowest BCUT2D eigenvalue weighted by atomic mass is 10.2. The minimum absolute atomic E-state index is 0. The van der Waals surface area contributed by atoms with Gasteiger partial charge in [0.15, 0.2) is 5.96 Å². The number of nitrogens with one attached hydrogen (secondary N) is 2. The summed E-state index contributed by atoms with van der Waals surface area (Å²) in [4.78, 5) is 6.79. The molecule has 0 atom stereocenters. The topological polar surface area (TPSA) is 48.9 Å². The van der Waals surface area contributed by atoms with Gasteiger partial charge in [-0.1, -0.05) is 12.1 Å². The van der Waals surface area contributed by atoms with Crippen molar-refractivity contribution in [3.63, 3.8) is 0 Å². The Balaban J connectivity index is 0.00000364. The summed E-state index contributed by atoms with van der Waals surface area (Å²) >= 11 is 0. The summed E-state index contributed by atoms with van der Waals surface area (Å²) in [6.07, 6.45) is 3.62. The van der Waals surface area contributed by atoms with Crippen LogP contribution in [0.1, 0.15) is 31.7 Å². The zero-order valence-electron chi connectivity index (χ0n) is 16.5. The van der Waals surface area contributed by atoms with E-state index in [4.69, 9.17) is 4.74 Å². The van der Waals surface area contributed by atoms with Crippen LogP contribution in [0, 0.1) is 11.7 Å². The minimum atomic E-state index is -0.192. The number of nitrogens with zero attached hydrogens (tertiary/aromatic N) is 2. The van der Waals surface area contributed by atoms with E-state index in [-0.39, 0.29) is 29.8 Å². The average Bonchev–Trinajstić information content (AvgIpc) is 3.44. The van der Waals surface area contributed by atoms with Gasteiger partial charge in [0.25, 0.3) is 0 Å². The fourth-order valence-electron chi connectivity index (χ4n) is 2.58. The van der Waals surface area contributed by atoms with Crippen molar-refractivity contribution in [2.75, 3.05) is 46.4 Å². The normalized spacial score (nSPS) is 14.1. The van der Waals surface area contributed by atoms with Crippen LogP contribution in [0.2, 0.25) is 0 Å². The Kier molecular flexibility index (Phi) is 12.6. The zero-order valence-corrected chi connectivity index (χ0v) is 18.9. The van der Waals surface area contributed by atoms with Gasteiger partial charge in [0.1, 0.15) is 5.82 Å². The largest absolute Gasteiger partial charge is 0.381 e. The SMILES string of the molecule is CCNC(=NCCCOCC1CC1)NCCN(C)Cc1ccc(F)cc1.I. The first-order valence-electron chi connectivity index (χ1n) is 9.70. The Morgan fingerprint density at radius 2 is 2.00 bits per heavy atom. The van der Waals surface area contributed by atoms with Gasteiger partial charge in [-0.2, -0.15) is 0 Å². The van der Waals surface area contributed by atoms with Crippen molar-refractivity contribution in [1.29, 1.82) is 0 Å². The summed E-state index contributed by atoms with van der Waals surface area (Å²) in [7, 11) is 2.06. The lowest BCUT2D eigenvalue weighted by molar-refractivity contribution is 0.123. The third-order valence-corrected chi connectivity index (χ3v) is 4.26. The molecule has 1 fully saturated rings. The molecule has 2 rings (SSSR count). The van der Waals surface area contributed by atoms with Gasteiger partial charge < -0.3 is 20.3 Å². The molecule has 1 aliphatic rings. The molecule has 1 aromatic rings. The van der Waals surface area contributed by atoms with Crippen molar-refractivity contribution >= 4 is 29.9 Å². The number of likely N-dealkylation sites (N-methyl/N-ethyl adjacent to an activating group) is 1. The van der Waals surface area contributed by atoms with Crippen LogP contribution in [0.5, 0.6) is 0 Å². The number of guanidine groups is 1. The smallest absolute Gasteiger partial charge is 0.191 e. The average molecular weight is 492 g/mol. The van der Waals surface area contributed by atoms with Gasteiger partial charge in [-0.25, -0.2) is 4.39 Å². The van der Waals surface area contributed by atoms with Crippen LogP contribution in [0.25, 0.3) is 0 Å². The molecule has 0 amide bonds. The Labute approximate surface area is 180 Å². The van der Waals surface area contributed by atoms with E-state index in [2.05, 4.69) is 34.5 Å². The number of aliphatic imine (C=N–C) groups is 1. The van der Waals surface area contributed by atoms with E-state index in [0.717, 1.165) is 69.8 Å². The van der Waals surface area contributed by atoms with Crippen molar-refractivity contribution in [2.45, 2.75) is 32.7 Å². The second-order valence-corrected chi connectivity index (χ2v) is 6.92. The number of ether oxygens (including phenoxy) is 1. The van der Waals surface area contributed by atoms with Crippen LogP contribution in [-0.2, 0) is 11.3 Å². The second-order valence-electron chi connectivity index (χ2n) is 6.92. The van der Waals surface area contributed by atoms with Gasteiger partial charge in [-0.15, -0.1) is 24.0 Å². The molecule has 154 valence electrons. The first-order chi connectivity index (χ1) is 12.7. The fraction of sp³-hybridized carbons (Fsp3) is 0.650. The van der Waals surface area contributed by atoms with E-state index in [0.29, 0.717) is 0 Å². The highest BCUT2D eigenvalue weighted by Crippen LogP contribution is 2.28. The van der Waals surface area contributed by atoms with Crippen molar-refractivity contribution in [3.8, 4) is 0 Å². The van der Waals surface area contributed by atoms with E-state index in [1.165, 1.54) is 25.0 Å². The van der Waals surface area contributed by atoms with Crippen LogP contribution in [0.15, 0.2) is 29.3 Å². The highest BCUT2D eigenvalue weighted by molar-refractivity contribution is 14.0. The summed E-state index contributed by atoms with van der Waals surface area (Å²) in [6.45, 7) is 7.88. The monoisotopic (exact) mass is 492 g/mol. The standard InChI is InChI=1S/C20H33FN4O.HI/c1-3-22-20(23-11-4-14-26-16-18-5-6-18)24-12-13-25(2)15-17-7-9-19(21)10-8-17;/h7-10,18H,3-6,11-16H2,1-2H3,(H2,22,23,24);1H. The van der Waals surface area contributed by atoms with Gasteiger partial charge >= 0.3 is 0 Å². The third kappa shape index (κ3) is 11.5. The maximum atomic E-state index is 12.9. The summed E-state index contributed by atoms with van der Waals surface area (Å²) in [5.41, 5.74) is 1.11. The van der Waals surface area contributed by atoms with Crippen LogP contribution in [0.3, 0.4) is 0 Å². The molecule has 0 aromatic heterocycles. The molecule has 0 saturated heterocycles. The Hall–Kier alpha value is -0.930. The van der Waals surface area contributed by atoms with Crippen molar-refractivity contribution < 1.29 is 9.13 Å². The molecule has 1 saturated carbocycles. The number of hydrogen-bond acceptors (Lipinski definition) is 3. The number of hydrogen-bond donors (Lipinski definition) is 2. The van der Waals surface area contributed by atoms with Crippen LogP contribution < -0.4 is 10.6 Å². The van der Waals surface area contributed by atoms with E-state index < -0.39 is 0 Å². The van der Waals surface area contributed by atoms with Gasteiger partial charge in [-0.3, -0.25) is 4.99 Å². The van der Waals surface area contributed by atoms with Gasteiger partial charge in [0, 0.05) is 45.9 Å². The molecule has 0 spiro atoms. The number of halogens is 2. The zero-order chi connectivity index (χ0) is 18.6. The number of benzene rings is 1. The van der Waals surface area contributed by atoms with E-state index in [1.807, 2.05) is 12.1 Å². The van der Waals surface area contributed by atoms with Crippen LogP contribution in [-0.4, -0.2) is 57.3 Å². The fourth-order valence-corrected chi connectivity index (χ4v) is 2.58. The molecular formula is C20H34FIN4O. The quantitative estimate of drug-likeness (QED) is 0.204.